The van der Waals surface area contributed by atoms with E-state index in [0.717, 1.165) is 0 Å². The Balaban J connectivity index is 1.97. The highest BCUT2D eigenvalue weighted by Gasteiger charge is 2.26. The van der Waals surface area contributed by atoms with Crippen LogP contribution in [0, 0.1) is 0 Å². The minimum absolute atomic E-state index is 0.170. The quantitative estimate of drug-likeness (QED) is 0.933. The molecular formula is C12H11F3N4O. The average molecular weight is 284 g/mol. The van der Waals surface area contributed by atoms with Crippen molar-refractivity contribution >= 4 is 5.91 Å². The van der Waals surface area contributed by atoms with Crippen LogP contribution in [0.4, 0.5) is 13.2 Å². The Labute approximate surface area is 112 Å². The number of benzene rings is 1. The van der Waals surface area contributed by atoms with Gasteiger partial charge in [0, 0.05) is 6.54 Å². The number of amides is 1. The van der Waals surface area contributed by atoms with E-state index in [4.69, 9.17) is 0 Å². The van der Waals surface area contributed by atoms with Crippen molar-refractivity contribution in [2.75, 3.05) is 6.54 Å². The molecule has 0 fully saturated rings. The minimum Gasteiger partial charge on any atom is -0.349 e. The molecule has 106 valence electrons. The molecular weight excluding hydrogens is 273 g/mol. The van der Waals surface area contributed by atoms with E-state index < -0.39 is 25.0 Å². The van der Waals surface area contributed by atoms with E-state index in [9.17, 15) is 18.0 Å². The van der Waals surface area contributed by atoms with E-state index in [1.807, 2.05) is 6.07 Å². The number of rotatable bonds is 4. The predicted octanol–water partition coefficient (Wildman–Crippen LogP) is 1.95. The van der Waals surface area contributed by atoms with Crippen LogP contribution in [0.2, 0.25) is 0 Å². The molecule has 1 heterocycles. The molecule has 8 heteroatoms. The minimum atomic E-state index is -4.30. The molecule has 0 atom stereocenters. The first kappa shape index (κ1) is 14.0. The normalized spacial score (nSPS) is 11.3. The fourth-order valence-electron chi connectivity index (χ4n) is 1.47. The number of hydrogen-bond acceptors (Lipinski definition) is 3. The Morgan fingerprint density at radius 3 is 2.60 bits per heavy atom. The zero-order chi connectivity index (χ0) is 14.6. The summed E-state index contributed by atoms with van der Waals surface area (Å²) in [4.78, 5) is 15.3. The van der Waals surface area contributed by atoms with Gasteiger partial charge < -0.3 is 5.32 Å². The fraction of sp³-hybridized carbons (Fsp3) is 0.250. The van der Waals surface area contributed by atoms with Gasteiger partial charge in [-0.2, -0.15) is 13.2 Å². The highest BCUT2D eigenvalue weighted by Crippen LogP contribution is 2.18. The lowest BCUT2D eigenvalue weighted by molar-refractivity contribution is -0.133. The maximum atomic E-state index is 11.9. The van der Waals surface area contributed by atoms with Crippen LogP contribution in [0.1, 0.15) is 17.0 Å². The highest BCUT2D eigenvalue weighted by atomic mass is 19.4. The molecule has 5 nitrogen and oxygen atoms in total. The summed E-state index contributed by atoms with van der Waals surface area (Å²) in [5.74, 6) is -0.903. The van der Waals surface area contributed by atoms with Gasteiger partial charge in [0.05, 0.1) is 12.1 Å². The van der Waals surface area contributed by atoms with Crippen LogP contribution in [0.25, 0.3) is 5.69 Å². The second kappa shape index (κ2) is 5.72. The summed E-state index contributed by atoms with van der Waals surface area (Å²) in [5, 5.41) is 6.03. The maximum absolute atomic E-state index is 11.9. The number of halogens is 3. The molecule has 20 heavy (non-hydrogen) atoms. The summed E-state index contributed by atoms with van der Waals surface area (Å²) in [6.07, 6.45) is -4.06. The smallest absolute Gasteiger partial charge is 0.349 e. The Morgan fingerprint density at radius 2 is 1.95 bits per heavy atom. The van der Waals surface area contributed by atoms with Gasteiger partial charge in [-0.3, -0.25) is 4.79 Å². The molecule has 2 rings (SSSR count). The molecule has 0 unspecified atom stereocenters. The molecule has 0 bridgehead atoms. The zero-order valence-electron chi connectivity index (χ0n) is 10.3. The summed E-state index contributed by atoms with van der Waals surface area (Å²) >= 11 is 0. The van der Waals surface area contributed by atoms with E-state index in [1.165, 1.54) is 11.0 Å². The van der Waals surface area contributed by atoms with Crippen molar-refractivity contribution in [3.8, 4) is 5.69 Å². The van der Waals surface area contributed by atoms with Crippen molar-refractivity contribution in [3.05, 3.63) is 42.5 Å². The molecule has 0 saturated carbocycles. The summed E-state index contributed by atoms with van der Waals surface area (Å²) in [7, 11) is 0. The lowest BCUT2D eigenvalue weighted by Crippen LogP contribution is -2.28. The third kappa shape index (κ3) is 3.81. The highest BCUT2D eigenvalue weighted by molar-refractivity contribution is 5.90. The van der Waals surface area contributed by atoms with E-state index in [0.29, 0.717) is 5.69 Å². The van der Waals surface area contributed by atoms with Gasteiger partial charge in [-0.1, -0.05) is 18.2 Å². The molecule has 0 aliphatic rings. The summed E-state index contributed by atoms with van der Waals surface area (Å²) in [6, 6.07) is 8.94. The van der Waals surface area contributed by atoms with Crippen molar-refractivity contribution in [2.24, 2.45) is 0 Å². The Bertz CT molecular complexity index is 580. The lowest BCUT2D eigenvalue weighted by atomic mass is 10.3. The predicted molar refractivity (Wildman–Crippen MR) is 64.4 cm³/mol. The molecule has 0 aliphatic heterocycles. The number of nitrogens with zero attached hydrogens (tertiary/aromatic N) is 3. The number of hydrogen-bond donors (Lipinski definition) is 1. The van der Waals surface area contributed by atoms with Crippen LogP contribution in [0.3, 0.4) is 0 Å². The molecule has 1 aromatic heterocycles. The van der Waals surface area contributed by atoms with Crippen LogP contribution in [-0.4, -0.2) is 33.4 Å². The van der Waals surface area contributed by atoms with Crippen molar-refractivity contribution in [1.29, 1.82) is 0 Å². The van der Waals surface area contributed by atoms with Crippen LogP contribution >= 0.6 is 0 Å². The number of alkyl halides is 3. The summed E-state index contributed by atoms with van der Waals surface area (Å²) in [5.41, 5.74) is 0.703. The van der Waals surface area contributed by atoms with Gasteiger partial charge in [0.25, 0.3) is 5.91 Å². The van der Waals surface area contributed by atoms with Crippen LogP contribution in [0.5, 0.6) is 0 Å². The second-order valence-corrected chi connectivity index (χ2v) is 3.97. The van der Waals surface area contributed by atoms with Gasteiger partial charge >= 0.3 is 6.18 Å². The zero-order valence-corrected chi connectivity index (χ0v) is 10.3. The Morgan fingerprint density at radius 1 is 1.25 bits per heavy atom. The Kier molecular flexibility index (Phi) is 4.02. The number of carbonyl (C=O) groups excluding carboxylic acids is 1. The van der Waals surface area contributed by atoms with E-state index >= 15 is 0 Å². The third-order valence-electron chi connectivity index (χ3n) is 2.41. The van der Waals surface area contributed by atoms with Crippen LogP contribution in [0.15, 0.2) is 36.7 Å². The van der Waals surface area contributed by atoms with E-state index in [2.05, 4.69) is 15.4 Å². The van der Waals surface area contributed by atoms with Crippen molar-refractivity contribution in [3.63, 3.8) is 0 Å². The number of aromatic nitrogens is 3. The SMILES string of the molecule is O=C(NCCC(F)(F)F)c1ncn(-c2ccccc2)n1. The molecule has 0 aliphatic carbocycles. The van der Waals surface area contributed by atoms with Crippen molar-refractivity contribution in [2.45, 2.75) is 12.6 Å². The average Bonchev–Trinajstić information content (AvgIpc) is 2.88. The number of carbonyl (C=O) groups is 1. The molecule has 1 aromatic carbocycles. The van der Waals surface area contributed by atoms with Gasteiger partial charge in [-0.25, -0.2) is 9.67 Å². The molecule has 0 saturated heterocycles. The topological polar surface area (TPSA) is 59.8 Å². The lowest BCUT2D eigenvalue weighted by Gasteiger charge is -2.06. The van der Waals surface area contributed by atoms with Crippen molar-refractivity contribution in [1.82, 2.24) is 20.1 Å². The van der Waals surface area contributed by atoms with Crippen molar-refractivity contribution < 1.29 is 18.0 Å². The summed E-state index contributed by atoms with van der Waals surface area (Å²) < 4.78 is 37.2. The number of para-hydroxylation sites is 1. The standard InChI is InChI=1S/C12H11F3N4O/c13-12(14,15)6-7-16-11(20)10-17-8-19(18-10)9-4-2-1-3-5-9/h1-5,8H,6-7H2,(H,16,20). The first-order chi connectivity index (χ1) is 9.46. The van der Waals surface area contributed by atoms with Gasteiger partial charge in [-0.05, 0) is 12.1 Å². The summed E-state index contributed by atoms with van der Waals surface area (Å²) in [6.45, 7) is -0.498. The molecule has 1 amide bonds. The van der Waals surface area contributed by atoms with Gasteiger partial charge in [0.1, 0.15) is 6.33 Å². The number of nitrogens with one attached hydrogen (secondary N) is 1. The monoisotopic (exact) mass is 284 g/mol. The van der Waals surface area contributed by atoms with E-state index in [1.54, 1.807) is 24.3 Å². The molecule has 2 aromatic rings. The molecule has 0 radical (unpaired) electrons. The Hall–Kier alpha value is -2.38. The third-order valence-corrected chi connectivity index (χ3v) is 2.41. The second-order valence-electron chi connectivity index (χ2n) is 3.97. The molecule has 1 N–H and O–H groups in total. The van der Waals surface area contributed by atoms with Gasteiger partial charge in [0.2, 0.25) is 5.82 Å². The van der Waals surface area contributed by atoms with E-state index in [-0.39, 0.29) is 5.82 Å². The molecule has 0 spiro atoms. The first-order valence-corrected chi connectivity index (χ1v) is 5.78. The first-order valence-electron chi connectivity index (χ1n) is 5.78. The van der Waals surface area contributed by atoms with Gasteiger partial charge in [0.15, 0.2) is 0 Å². The van der Waals surface area contributed by atoms with Gasteiger partial charge in [-0.15, -0.1) is 5.10 Å². The van der Waals surface area contributed by atoms with Crippen LogP contribution < -0.4 is 5.32 Å². The van der Waals surface area contributed by atoms with Crippen LogP contribution in [-0.2, 0) is 0 Å². The fourth-order valence-corrected chi connectivity index (χ4v) is 1.47. The largest absolute Gasteiger partial charge is 0.390 e. The maximum Gasteiger partial charge on any atom is 0.390 e.